The van der Waals surface area contributed by atoms with Gasteiger partial charge >= 0.3 is 0 Å². The molecule has 0 radical (unpaired) electrons. The molecule has 0 saturated carbocycles. The molecule has 3 N–H and O–H groups in total. The predicted molar refractivity (Wildman–Crippen MR) is 85.3 cm³/mol. The van der Waals surface area contributed by atoms with Gasteiger partial charge in [-0.2, -0.15) is 0 Å². The Morgan fingerprint density at radius 1 is 0.842 bits per heavy atom. The Morgan fingerprint density at radius 2 is 1.26 bits per heavy atom. The molecular weight excluding hydrogens is 234 g/mol. The molecule has 0 aromatic rings. The highest BCUT2D eigenvalue weighted by atomic mass is 16.3. The molecule has 0 heterocycles. The number of hydrogen-bond donors (Lipinski definition) is 2. The normalized spacial score (nSPS) is 14.8. The maximum atomic E-state index is 10.3. The smallest absolute Gasteiger partial charge is 0.0792 e. The molecule has 0 amide bonds. The Bertz CT molecular complexity index is 194. The zero-order valence-electron chi connectivity index (χ0n) is 13.6. The number of nitrogens with two attached hydrogens (primary N) is 1. The minimum absolute atomic E-state index is 0.260. The molecule has 0 bridgehead atoms. The van der Waals surface area contributed by atoms with E-state index < -0.39 is 5.60 Å². The summed E-state index contributed by atoms with van der Waals surface area (Å²) in [5, 5.41) is 10.3. The van der Waals surface area contributed by atoms with Crippen LogP contribution in [0, 0.1) is 5.92 Å². The summed E-state index contributed by atoms with van der Waals surface area (Å²) >= 11 is 0. The van der Waals surface area contributed by atoms with Crippen molar-refractivity contribution in [2.45, 2.75) is 97.0 Å². The third-order valence-corrected chi connectivity index (χ3v) is 4.39. The van der Waals surface area contributed by atoms with Gasteiger partial charge < -0.3 is 10.8 Å². The van der Waals surface area contributed by atoms with E-state index in [9.17, 15) is 5.11 Å². The van der Waals surface area contributed by atoms with Crippen molar-refractivity contribution < 1.29 is 5.11 Å². The Labute approximate surface area is 121 Å². The standard InChI is InChI=1S/C17H37NO/c1-4-5-6-7-8-9-10-11-12-13-14-17(19,15-18)16(2)3/h16,19H,4-15,18H2,1-3H3. The van der Waals surface area contributed by atoms with Gasteiger partial charge in [0.25, 0.3) is 0 Å². The molecule has 0 aliphatic heterocycles. The summed E-state index contributed by atoms with van der Waals surface area (Å²) in [5.74, 6) is 0.260. The molecule has 0 aliphatic rings. The van der Waals surface area contributed by atoms with Crippen LogP contribution < -0.4 is 5.73 Å². The van der Waals surface area contributed by atoms with E-state index >= 15 is 0 Å². The van der Waals surface area contributed by atoms with Crippen molar-refractivity contribution in [3.8, 4) is 0 Å². The van der Waals surface area contributed by atoms with Gasteiger partial charge in [-0.05, 0) is 12.3 Å². The number of aliphatic hydroxyl groups is 1. The Morgan fingerprint density at radius 3 is 1.63 bits per heavy atom. The van der Waals surface area contributed by atoms with Gasteiger partial charge in [0.1, 0.15) is 0 Å². The minimum Gasteiger partial charge on any atom is -0.388 e. The molecule has 0 fully saturated rings. The van der Waals surface area contributed by atoms with Crippen molar-refractivity contribution in [2.75, 3.05) is 6.54 Å². The predicted octanol–water partition coefficient (Wildman–Crippen LogP) is 4.64. The summed E-state index contributed by atoms with van der Waals surface area (Å²) in [7, 11) is 0. The van der Waals surface area contributed by atoms with Gasteiger partial charge in [-0.1, -0.05) is 85.0 Å². The van der Waals surface area contributed by atoms with E-state index in [4.69, 9.17) is 5.73 Å². The van der Waals surface area contributed by atoms with E-state index in [2.05, 4.69) is 20.8 Å². The summed E-state index contributed by atoms with van der Waals surface area (Å²) in [4.78, 5) is 0. The van der Waals surface area contributed by atoms with Crippen molar-refractivity contribution in [1.29, 1.82) is 0 Å². The third kappa shape index (κ3) is 9.45. The molecule has 1 unspecified atom stereocenters. The zero-order valence-corrected chi connectivity index (χ0v) is 13.6. The maximum absolute atomic E-state index is 10.3. The Kier molecular flexibility index (Phi) is 11.7. The second-order valence-corrected chi connectivity index (χ2v) is 6.39. The molecule has 19 heavy (non-hydrogen) atoms. The van der Waals surface area contributed by atoms with Gasteiger partial charge in [0, 0.05) is 6.54 Å². The van der Waals surface area contributed by atoms with E-state index in [0.717, 1.165) is 12.8 Å². The van der Waals surface area contributed by atoms with E-state index in [1.165, 1.54) is 57.8 Å². The van der Waals surface area contributed by atoms with Gasteiger partial charge in [0.2, 0.25) is 0 Å². The van der Waals surface area contributed by atoms with Crippen LogP contribution in [0.15, 0.2) is 0 Å². The fraction of sp³-hybridized carbons (Fsp3) is 1.00. The molecular formula is C17H37NO. The SMILES string of the molecule is CCCCCCCCCCCCC(O)(CN)C(C)C. The van der Waals surface area contributed by atoms with E-state index in [-0.39, 0.29) is 5.92 Å². The van der Waals surface area contributed by atoms with Crippen LogP contribution in [0.3, 0.4) is 0 Å². The molecule has 0 saturated heterocycles. The zero-order chi connectivity index (χ0) is 14.6. The highest BCUT2D eigenvalue weighted by molar-refractivity contribution is 4.82. The lowest BCUT2D eigenvalue weighted by atomic mass is 9.85. The lowest BCUT2D eigenvalue weighted by Crippen LogP contribution is -2.42. The molecule has 0 aromatic carbocycles. The van der Waals surface area contributed by atoms with E-state index in [1.807, 2.05) is 0 Å². The van der Waals surface area contributed by atoms with Crippen LogP contribution in [0.5, 0.6) is 0 Å². The largest absolute Gasteiger partial charge is 0.388 e. The fourth-order valence-electron chi connectivity index (χ4n) is 2.54. The lowest BCUT2D eigenvalue weighted by molar-refractivity contribution is -0.00649. The first-order chi connectivity index (χ1) is 9.06. The van der Waals surface area contributed by atoms with Crippen LogP contribution >= 0.6 is 0 Å². The molecule has 2 nitrogen and oxygen atoms in total. The summed E-state index contributed by atoms with van der Waals surface area (Å²) in [5.41, 5.74) is 5.04. The monoisotopic (exact) mass is 271 g/mol. The molecule has 116 valence electrons. The second-order valence-electron chi connectivity index (χ2n) is 6.39. The second kappa shape index (κ2) is 11.7. The van der Waals surface area contributed by atoms with Crippen molar-refractivity contribution >= 4 is 0 Å². The summed E-state index contributed by atoms with van der Waals surface area (Å²) in [6.45, 7) is 6.77. The van der Waals surface area contributed by atoms with Crippen molar-refractivity contribution in [3.63, 3.8) is 0 Å². The number of unbranched alkanes of at least 4 members (excludes halogenated alkanes) is 9. The van der Waals surface area contributed by atoms with Gasteiger partial charge in [-0.15, -0.1) is 0 Å². The Balaban J connectivity index is 3.35. The summed E-state index contributed by atoms with van der Waals surface area (Å²) in [6.07, 6.45) is 14.2. The molecule has 0 aromatic heterocycles. The minimum atomic E-state index is -0.639. The topological polar surface area (TPSA) is 46.2 Å². The first kappa shape index (κ1) is 18.9. The average molecular weight is 271 g/mol. The Hall–Kier alpha value is -0.0800. The molecule has 0 aliphatic carbocycles. The summed E-state index contributed by atoms with van der Waals surface area (Å²) < 4.78 is 0. The lowest BCUT2D eigenvalue weighted by Gasteiger charge is -2.30. The average Bonchev–Trinajstić information content (AvgIpc) is 2.40. The van der Waals surface area contributed by atoms with Crippen LogP contribution in [0.25, 0.3) is 0 Å². The molecule has 1 atom stereocenters. The number of hydrogen-bond acceptors (Lipinski definition) is 2. The van der Waals surface area contributed by atoms with Crippen LogP contribution in [0.2, 0.25) is 0 Å². The highest BCUT2D eigenvalue weighted by Gasteiger charge is 2.28. The maximum Gasteiger partial charge on any atom is 0.0792 e. The third-order valence-electron chi connectivity index (χ3n) is 4.39. The van der Waals surface area contributed by atoms with Crippen molar-refractivity contribution in [3.05, 3.63) is 0 Å². The van der Waals surface area contributed by atoms with Crippen molar-refractivity contribution in [2.24, 2.45) is 11.7 Å². The first-order valence-corrected chi connectivity index (χ1v) is 8.49. The van der Waals surface area contributed by atoms with Gasteiger partial charge in [0.15, 0.2) is 0 Å². The summed E-state index contributed by atoms with van der Waals surface area (Å²) in [6, 6.07) is 0. The fourth-order valence-corrected chi connectivity index (χ4v) is 2.54. The van der Waals surface area contributed by atoms with Crippen LogP contribution in [0.1, 0.15) is 91.4 Å². The molecule has 2 heteroatoms. The van der Waals surface area contributed by atoms with Gasteiger partial charge in [-0.3, -0.25) is 0 Å². The highest BCUT2D eigenvalue weighted by Crippen LogP contribution is 2.23. The van der Waals surface area contributed by atoms with Crippen LogP contribution in [0.4, 0.5) is 0 Å². The quantitative estimate of drug-likeness (QED) is 0.479. The molecule has 0 rings (SSSR count). The van der Waals surface area contributed by atoms with Gasteiger partial charge in [0.05, 0.1) is 5.60 Å². The van der Waals surface area contributed by atoms with Crippen LogP contribution in [-0.4, -0.2) is 17.3 Å². The first-order valence-electron chi connectivity index (χ1n) is 8.49. The molecule has 0 spiro atoms. The number of rotatable bonds is 13. The van der Waals surface area contributed by atoms with E-state index in [1.54, 1.807) is 0 Å². The van der Waals surface area contributed by atoms with E-state index in [0.29, 0.717) is 6.54 Å². The van der Waals surface area contributed by atoms with Crippen molar-refractivity contribution in [1.82, 2.24) is 0 Å². The van der Waals surface area contributed by atoms with Gasteiger partial charge in [-0.25, -0.2) is 0 Å². The van der Waals surface area contributed by atoms with Crippen LogP contribution in [-0.2, 0) is 0 Å².